The van der Waals surface area contributed by atoms with Crippen LogP contribution in [0.15, 0.2) is 30.3 Å². The minimum atomic E-state index is -1.46. The van der Waals surface area contributed by atoms with Crippen LogP contribution < -0.4 is 0 Å². The lowest BCUT2D eigenvalue weighted by atomic mass is 10.1. The minimum Gasteiger partial charge on any atom is -0.459 e. The van der Waals surface area contributed by atoms with E-state index >= 15 is 0 Å². The molecule has 1 heterocycles. The zero-order chi connectivity index (χ0) is 13.1. The first-order chi connectivity index (χ1) is 8.59. The molecule has 1 aliphatic heterocycles. The Hall–Kier alpha value is -1.47. The highest BCUT2D eigenvalue weighted by molar-refractivity contribution is 5.89. The summed E-state index contributed by atoms with van der Waals surface area (Å²) in [6, 6.07) is 8.36. The molecule has 1 aliphatic rings. The Morgan fingerprint density at radius 2 is 1.83 bits per heavy atom. The molecule has 0 bridgehead atoms. The summed E-state index contributed by atoms with van der Waals surface area (Å²) in [4.78, 5) is 11.6. The second kappa shape index (κ2) is 5.45. The van der Waals surface area contributed by atoms with Crippen LogP contribution >= 0.6 is 0 Å². The van der Waals surface area contributed by atoms with E-state index in [1.54, 1.807) is 30.3 Å². The normalized spacial score (nSPS) is 31.3. The van der Waals surface area contributed by atoms with Crippen molar-refractivity contribution < 1.29 is 29.6 Å². The minimum absolute atomic E-state index is 0.233. The second-order valence-corrected chi connectivity index (χ2v) is 4.01. The SMILES string of the molecule is O=C(OC[C@H]1O[C@H](O)[C@H](O)[C@@H]1O)c1ccccc1. The van der Waals surface area contributed by atoms with Gasteiger partial charge in [-0.3, -0.25) is 0 Å². The molecule has 2 rings (SSSR count). The molecule has 0 spiro atoms. The number of benzene rings is 1. The lowest BCUT2D eigenvalue weighted by Crippen LogP contribution is -2.34. The maximum atomic E-state index is 11.6. The smallest absolute Gasteiger partial charge is 0.338 e. The molecule has 4 atom stereocenters. The second-order valence-electron chi connectivity index (χ2n) is 4.01. The fourth-order valence-corrected chi connectivity index (χ4v) is 1.68. The predicted molar refractivity (Wildman–Crippen MR) is 59.6 cm³/mol. The quantitative estimate of drug-likeness (QED) is 0.616. The molecule has 0 aromatic heterocycles. The molecule has 18 heavy (non-hydrogen) atoms. The summed E-state index contributed by atoms with van der Waals surface area (Å²) in [5.74, 6) is -0.553. The van der Waals surface area contributed by atoms with Gasteiger partial charge in [0, 0.05) is 0 Å². The van der Waals surface area contributed by atoms with Gasteiger partial charge < -0.3 is 24.8 Å². The Labute approximate surface area is 103 Å². The number of esters is 1. The predicted octanol–water partition coefficient (Wildman–Crippen LogP) is -0.718. The van der Waals surface area contributed by atoms with E-state index in [4.69, 9.17) is 14.6 Å². The fraction of sp³-hybridized carbons (Fsp3) is 0.417. The summed E-state index contributed by atoms with van der Waals surface area (Å²) in [5, 5.41) is 27.9. The van der Waals surface area contributed by atoms with Crippen LogP contribution in [0.25, 0.3) is 0 Å². The Morgan fingerprint density at radius 3 is 2.39 bits per heavy atom. The first-order valence-corrected chi connectivity index (χ1v) is 5.51. The standard InChI is InChI=1S/C12H14O6/c13-9-8(18-12(16)10(9)14)6-17-11(15)7-4-2-1-3-5-7/h1-5,8-10,12-14,16H,6H2/t8-,9-,10-,12+/m1/s1. The largest absolute Gasteiger partial charge is 0.459 e. The van der Waals surface area contributed by atoms with Crippen molar-refractivity contribution >= 4 is 5.97 Å². The zero-order valence-electron chi connectivity index (χ0n) is 9.47. The first kappa shape index (κ1) is 13.0. The van der Waals surface area contributed by atoms with Crippen molar-refractivity contribution in [2.45, 2.75) is 24.6 Å². The molecule has 6 nitrogen and oxygen atoms in total. The number of hydrogen-bond donors (Lipinski definition) is 3. The van der Waals surface area contributed by atoms with Gasteiger partial charge in [-0.15, -0.1) is 0 Å². The van der Waals surface area contributed by atoms with Crippen LogP contribution in [0.3, 0.4) is 0 Å². The van der Waals surface area contributed by atoms with Gasteiger partial charge in [0.2, 0.25) is 0 Å². The van der Waals surface area contributed by atoms with Crippen LogP contribution in [-0.2, 0) is 9.47 Å². The molecule has 98 valence electrons. The molecule has 0 aliphatic carbocycles. The molecule has 6 heteroatoms. The molecule has 1 saturated heterocycles. The van der Waals surface area contributed by atoms with Crippen LogP contribution in [0.2, 0.25) is 0 Å². The summed E-state index contributed by atoms with van der Waals surface area (Å²) < 4.78 is 9.78. The maximum Gasteiger partial charge on any atom is 0.338 e. The topological polar surface area (TPSA) is 96.2 Å². The van der Waals surface area contributed by atoms with E-state index < -0.39 is 30.6 Å². The molecule has 1 fully saturated rings. The fourth-order valence-electron chi connectivity index (χ4n) is 1.68. The third-order valence-corrected chi connectivity index (χ3v) is 2.73. The summed E-state index contributed by atoms with van der Waals surface area (Å²) in [6.07, 6.45) is -5.04. The Kier molecular flexibility index (Phi) is 3.93. The van der Waals surface area contributed by atoms with Crippen molar-refractivity contribution in [2.75, 3.05) is 6.61 Å². The molecule has 0 radical (unpaired) electrons. The summed E-state index contributed by atoms with van der Waals surface area (Å²) >= 11 is 0. The van der Waals surface area contributed by atoms with Gasteiger partial charge in [0.15, 0.2) is 6.29 Å². The number of ether oxygens (including phenoxy) is 2. The summed E-state index contributed by atoms with van der Waals surface area (Å²) in [6.45, 7) is -0.233. The lowest BCUT2D eigenvalue weighted by Gasteiger charge is -2.14. The number of aliphatic hydroxyl groups excluding tert-OH is 3. The molecule has 0 saturated carbocycles. The number of carbonyl (C=O) groups excluding carboxylic acids is 1. The molecular formula is C12H14O6. The van der Waals surface area contributed by atoms with Gasteiger partial charge in [-0.25, -0.2) is 4.79 Å². The van der Waals surface area contributed by atoms with E-state index in [9.17, 15) is 15.0 Å². The average molecular weight is 254 g/mol. The monoisotopic (exact) mass is 254 g/mol. The van der Waals surface area contributed by atoms with Gasteiger partial charge in [-0.1, -0.05) is 18.2 Å². The van der Waals surface area contributed by atoms with E-state index in [-0.39, 0.29) is 6.61 Å². The summed E-state index contributed by atoms with van der Waals surface area (Å²) in [5.41, 5.74) is 0.381. The molecular weight excluding hydrogens is 240 g/mol. The Morgan fingerprint density at radius 1 is 1.17 bits per heavy atom. The number of aliphatic hydroxyl groups is 3. The first-order valence-electron chi connectivity index (χ1n) is 5.51. The van der Waals surface area contributed by atoms with E-state index in [0.717, 1.165) is 0 Å². The van der Waals surface area contributed by atoms with Crippen molar-refractivity contribution in [1.29, 1.82) is 0 Å². The average Bonchev–Trinajstić information content (AvgIpc) is 2.64. The van der Waals surface area contributed by atoms with Crippen molar-refractivity contribution in [3.05, 3.63) is 35.9 Å². The Bertz CT molecular complexity index is 406. The molecule has 1 aromatic carbocycles. The number of rotatable bonds is 3. The summed E-state index contributed by atoms with van der Waals surface area (Å²) in [7, 11) is 0. The Balaban J connectivity index is 1.88. The van der Waals surface area contributed by atoms with Crippen LogP contribution in [0.1, 0.15) is 10.4 Å². The zero-order valence-corrected chi connectivity index (χ0v) is 9.47. The molecule has 0 unspecified atom stereocenters. The van der Waals surface area contributed by atoms with E-state index in [1.807, 2.05) is 0 Å². The molecule has 0 amide bonds. The maximum absolute atomic E-state index is 11.6. The van der Waals surface area contributed by atoms with Crippen molar-refractivity contribution in [3.8, 4) is 0 Å². The highest BCUT2D eigenvalue weighted by Gasteiger charge is 2.42. The van der Waals surface area contributed by atoms with Crippen LogP contribution in [0, 0.1) is 0 Å². The van der Waals surface area contributed by atoms with Crippen molar-refractivity contribution in [2.24, 2.45) is 0 Å². The van der Waals surface area contributed by atoms with E-state index in [1.165, 1.54) is 0 Å². The highest BCUT2D eigenvalue weighted by Crippen LogP contribution is 2.20. The molecule has 1 aromatic rings. The van der Waals surface area contributed by atoms with Crippen LogP contribution in [-0.4, -0.2) is 52.5 Å². The van der Waals surface area contributed by atoms with Gasteiger partial charge in [-0.2, -0.15) is 0 Å². The van der Waals surface area contributed by atoms with Crippen LogP contribution in [0.4, 0.5) is 0 Å². The third kappa shape index (κ3) is 2.68. The van der Waals surface area contributed by atoms with Crippen molar-refractivity contribution in [3.63, 3.8) is 0 Å². The van der Waals surface area contributed by atoms with Gasteiger partial charge in [0.25, 0.3) is 0 Å². The third-order valence-electron chi connectivity index (χ3n) is 2.73. The van der Waals surface area contributed by atoms with E-state index in [0.29, 0.717) is 5.56 Å². The number of carbonyl (C=O) groups is 1. The van der Waals surface area contributed by atoms with Crippen molar-refractivity contribution in [1.82, 2.24) is 0 Å². The highest BCUT2D eigenvalue weighted by atomic mass is 16.7. The van der Waals surface area contributed by atoms with Gasteiger partial charge in [0.05, 0.1) is 5.56 Å². The molecule has 3 N–H and O–H groups in total. The van der Waals surface area contributed by atoms with Gasteiger partial charge >= 0.3 is 5.97 Å². The van der Waals surface area contributed by atoms with Gasteiger partial charge in [0.1, 0.15) is 24.9 Å². The lowest BCUT2D eigenvalue weighted by molar-refractivity contribution is -0.133. The number of hydrogen-bond acceptors (Lipinski definition) is 6. The van der Waals surface area contributed by atoms with Crippen LogP contribution in [0.5, 0.6) is 0 Å². The van der Waals surface area contributed by atoms with E-state index in [2.05, 4.69) is 0 Å². The van der Waals surface area contributed by atoms with Gasteiger partial charge in [-0.05, 0) is 12.1 Å².